The largest absolute Gasteiger partial charge is 0.462 e. The second kappa shape index (κ2) is 6.64. The molecule has 0 aliphatic carbocycles. The van der Waals surface area contributed by atoms with Crippen molar-refractivity contribution in [2.75, 3.05) is 6.61 Å². The Bertz CT molecular complexity index is 915. The summed E-state index contributed by atoms with van der Waals surface area (Å²) in [5.74, 6) is -0.487. The minimum atomic E-state index is -0.487. The van der Waals surface area contributed by atoms with Crippen LogP contribution in [0.2, 0.25) is 0 Å². The molecule has 0 aliphatic rings. The van der Waals surface area contributed by atoms with Gasteiger partial charge >= 0.3 is 5.97 Å². The van der Waals surface area contributed by atoms with Crippen molar-refractivity contribution in [3.63, 3.8) is 0 Å². The van der Waals surface area contributed by atoms with Crippen LogP contribution in [-0.2, 0) is 11.3 Å². The highest BCUT2D eigenvalue weighted by molar-refractivity contribution is 9.10. The number of fused-ring (bicyclic) bond motifs is 1. The van der Waals surface area contributed by atoms with Crippen molar-refractivity contribution in [3.05, 3.63) is 61.9 Å². The topological polar surface area (TPSA) is 61.2 Å². The van der Waals surface area contributed by atoms with Gasteiger partial charge in [-0.05, 0) is 24.6 Å². The van der Waals surface area contributed by atoms with E-state index in [-0.39, 0.29) is 17.7 Å². The first kappa shape index (κ1) is 15.9. The van der Waals surface area contributed by atoms with Crippen molar-refractivity contribution in [1.29, 1.82) is 0 Å². The molecule has 0 saturated heterocycles. The van der Waals surface area contributed by atoms with E-state index in [4.69, 9.17) is 4.74 Å². The molecule has 3 rings (SSSR count). The van der Waals surface area contributed by atoms with E-state index in [9.17, 15) is 9.59 Å². The van der Waals surface area contributed by atoms with E-state index in [0.717, 1.165) is 10.0 Å². The smallest absolute Gasteiger partial charge is 0.339 e. The van der Waals surface area contributed by atoms with E-state index in [1.165, 1.54) is 22.2 Å². The van der Waals surface area contributed by atoms with Crippen LogP contribution in [0.4, 0.5) is 0 Å². The van der Waals surface area contributed by atoms with Gasteiger partial charge in [-0.3, -0.25) is 9.36 Å². The highest BCUT2D eigenvalue weighted by Gasteiger charge is 2.18. The standard InChI is InChI=1S/C16H13BrN2O3S/c1-2-22-16(21)12-8-23-14-13(12)15(20)19(9-18-14)7-10-3-5-11(17)6-4-10/h3-6,8-9H,2,7H2,1H3. The number of rotatable bonds is 4. The van der Waals surface area contributed by atoms with E-state index in [1.807, 2.05) is 24.3 Å². The second-order valence-electron chi connectivity index (χ2n) is 4.85. The monoisotopic (exact) mass is 392 g/mol. The Kier molecular flexibility index (Phi) is 4.58. The van der Waals surface area contributed by atoms with Crippen molar-refractivity contribution in [2.24, 2.45) is 0 Å². The molecular formula is C16H13BrN2O3S. The predicted octanol–water partition coefficient (Wildman–Crippen LogP) is 3.45. The number of hydrogen-bond acceptors (Lipinski definition) is 5. The van der Waals surface area contributed by atoms with E-state index in [2.05, 4.69) is 20.9 Å². The number of halogens is 1. The van der Waals surface area contributed by atoms with Crippen LogP contribution >= 0.6 is 27.3 Å². The first-order valence-corrected chi connectivity index (χ1v) is 8.65. The molecule has 1 aromatic carbocycles. The number of nitrogens with zero attached hydrogens (tertiary/aromatic N) is 2. The summed E-state index contributed by atoms with van der Waals surface area (Å²) in [6.07, 6.45) is 1.51. The van der Waals surface area contributed by atoms with Crippen LogP contribution < -0.4 is 5.56 Å². The van der Waals surface area contributed by atoms with E-state index < -0.39 is 5.97 Å². The average Bonchev–Trinajstić information content (AvgIpc) is 2.97. The summed E-state index contributed by atoms with van der Waals surface area (Å²) in [7, 11) is 0. The van der Waals surface area contributed by atoms with Crippen LogP contribution in [0.1, 0.15) is 22.8 Å². The number of esters is 1. The van der Waals surface area contributed by atoms with Gasteiger partial charge in [-0.1, -0.05) is 28.1 Å². The minimum Gasteiger partial charge on any atom is -0.462 e. The summed E-state index contributed by atoms with van der Waals surface area (Å²) in [6, 6.07) is 7.70. The van der Waals surface area contributed by atoms with Crippen LogP contribution in [-0.4, -0.2) is 22.1 Å². The molecule has 0 amide bonds. The van der Waals surface area contributed by atoms with Crippen molar-refractivity contribution in [1.82, 2.24) is 9.55 Å². The first-order chi connectivity index (χ1) is 11.1. The number of benzene rings is 1. The zero-order chi connectivity index (χ0) is 16.4. The first-order valence-electron chi connectivity index (χ1n) is 6.98. The molecule has 0 atom stereocenters. The number of aromatic nitrogens is 2. The van der Waals surface area contributed by atoms with E-state index in [1.54, 1.807) is 12.3 Å². The molecule has 118 valence electrons. The Balaban J connectivity index is 2.04. The maximum atomic E-state index is 12.7. The van der Waals surface area contributed by atoms with Gasteiger partial charge < -0.3 is 4.74 Å². The van der Waals surface area contributed by atoms with Crippen LogP contribution in [0.25, 0.3) is 10.2 Å². The lowest BCUT2D eigenvalue weighted by molar-refractivity contribution is 0.0529. The number of thiophene rings is 1. The molecule has 0 saturated carbocycles. The fraction of sp³-hybridized carbons (Fsp3) is 0.188. The summed E-state index contributed by atoms with van der Waals surface area (Å²) in [6.45, 7) is 2.40. The summed E-state index contributed by atoms with van der Waals surface area (Å²) >= 11 is 4.65. The molecule has 5 nitrogen and oxygen atoms in total. The molecule has 0 aliphatic heterocycles. The fourth-order valence-electron chi connectivity index (χ4n) is 2.23. The van der Waals surface area contributed by atoms with E-state index in [0.29, 0.717) is 16.8 Å². The molecule has 2 heterocycles. The molecule has 0 unspecified atom stereocenters. The van der Waals surface area contributed by atoms with Crippen molar-refractivity contribution >= 4 is 43.5 Å². The van der Waals surface area contributed by atoms with Gasteiger partial charge in [-0.15, -0.1) is 11.3 Å². The Morgan fingerprint density at radius 2 is 2.09 bits per heavy atom. The quantitative estimate of drug-likeness (QED) is 0.637. The Morgan fingerprint density at radius 3 is 2.78 bits per heavy atom. The molecule has 0 fully saturated rings. The summed E-state index contributed by atoms with van der Waals surface area (Å²) in [5, 5.41) is 1.95. The van der Waals surface area contributed by atoms with Crippen LogP contribution in [0, 0.1) is 0 Å². The minimum absolute atomic E-state index is 0.234. The average molecular weight is 393 g/mol. The molecule has 3 aromatic rings. The molecule has 7 heteroatoms. The highest BCUT2D eigenvalue weighted by atomic mass is 79.9. The van der Waals surface area contributed by atoms with Gasteiger partial charge in [0, 0.05) is 9.85 Å². The van der Waals surface area contributed by atoms with Gasteiger partial charge in [-0.25, -0.2) is 9.78 Å². The normalized spacial score (nSPS) is 10.9. The van der Waals surface area contributed by atoms with Gasteiger partial charge in [-0.2, -0.15) is 0 Å². The number of ether oxygens (including phenoxy) is 1. The lowest BCUT2D eigenvalue weighted by atomic mass is 10.2. The number of hydrogen-bond donors (Lipinski definition) is 0. The van der Waals surface area contributed by atoms with Gasteiger partial charge in [0.05, 0.1) is 30.4 Å². The number of carbonyl (C=O) groups is 1. The third-order valence-corrected chi connectivity index (χ3v) is 4.74. The van der Waals surface area contributed by atoms with Crippen molar-refractivity contribution < 1.29 is 9.53 Å². The third-order valence-electron chi connectivity index (χ3n) is 3.32. The Labute approximate surface area is 144 Å². The van der Waals surface area contributed by atoms with Gasteiger partial charge in [0.15, 0.2) is 0 Å². The highest BCUT2D eigenvalue weighted by Crippen LogP contribution is 2.21. The van der Waals surface area contributed by atoms with Crippen molar-refractivity contribution in [3.8, 4) is 0 Å². The zero-order valence-corrected chi connectivity index (χ0v) is 14.7. The molecular weight excluding hydrogens is 380 g/mol. The Hall–Kier alpha value is -1.99. The molecule has 0 bridgehead atoms. The fourth-order valence-corrected chi connectivity index (χ4v) is 3.36. The third kappa shape index (κ3) is 3.20. The second-order valence-corrected chi connectivity index (χ2v) is 6.63. The maximum Gasteiger partial charge on any atom is 0.339 e. The van der Waals surface area contributed by atoms with Gasteiger partial charge in [0.25, 0.3) is 5.56 Å². The lowest BCUT2D eigenvalue weighted by Crippen LogP contribution is -2.22. The maximum absolute atomic E-state index is 12.7. The Morgan fingerprint density at radius 1 is 1.35 bits per heavy atom. The van der Waals surface area contributed by atoms with Gasteiger partial charge in [0.2, 0.25) is 0 Å². The zero-order valence-electron chi connectivity index (χ0n) is 12.3. The van der Waals surface area contributed by atoms with Crippen molar-refractivity contribution in [2.45, 2.75) is 13.5 Å². The molecule has 0 radical (unpaired) electrons. The molecule has 23 heavy (non-hydrogen) atoms. The molecule has 0 N–H and O–H groups in total. The molecule has 0 spiro atoms. The lowest BCUT2D eigenvalue weighted by Gasteiger charge is -2.06. The van der Waals surface area contributed by atoms with Crippen LogP contribution in [0.3, 0.4) is 0 Å². The van der Waals surface area contributed by atoms with Crippen LogP contribution in [0.5, 0.6) is 0 Å². The summed E-state index contributed by atoms with van der Waals surface area (Å²) in [5.41, 5.74) is 1.03. The van der Waals surface area contributed by atoms with E-state index >= 15 is 0 Å². The molecule has 2 aromatic heterocycles. The SMILES string of the molecule is CCOC(=O)c1csc2ncn(Cc3ccc(Br)cc3)c(=O)c12. The predicted molar refractivity (Wildman–Crippen MR) is 93.1 cm³/mol. The van der Waals surface area contributed by atoms with Crippen LogP contribution in [0.15, 0.2) is 45.2 Å². The van der Waals surface area contributed by atoms with Gasteiger partial charge in [0.1, 0.15) is 4.83 Å². The summed E-state index contributed by atoms with van der Waals surface area (Å²) < 4.78 is 7.48. The summed E-state index contributed by atoms with van der Waals surface area (Å²) in [4.78, 5) is 29.5. The number of carbonyl (C=O) groups excluding carboxylic acids is 1.